The van der Waals surface area contributed by atoms with Gasteiger partial charge in [0.05, 0.1) is 6.61 Å². The predicted molar refractivity (Wildman–Crippen MR) is 46.9 cm³/mol. The Balaban J connectivity index is 4.00. The molecule has 0 aromatic heterocycles. The first-order chi connectivity index (χ1) is 5.63. The second-order valence-electron chi connectivity index (χ2n) is 2.87. The molecule has 3 nitrogen and oxygen atoms in total. The Kier molecular flexibility index (Phi) is 5.72. The predicted octanol–water partition coefficient (Wildman–Crippen LogP) is 1.61. The van der Waals surface area contributed by atoms with E-state index in [1.165, 1.54) is 0 Å². The maximum atomic E-state index is 11.2. The van der Waals surface area contributed by atoms with Gasteiger partial charge in [0.1, 0.15) is 0 Å². The summed E-state index contributed by atoms with van der Waals surface area (Å²) < 4.78 is 10.1. The van der Waals surface area contributed by atoms with Gasteiger partial charge in [-0.1, -0.05) is 13.8 Å². The molecule has 0 aromatic carbocycles. The maximum absolute atomic E-state index is 11.2. The van der Waals surface area contributed by atoms with Gasteiger partial charge < -0.3 is 9.47 Å². The van der Waals surface area contributed by atoms with Crippen molar-refractivity contribution in [2.75, 3.05) is 13.2 Å². The van der Waals surface area contributed by atoms with Gasteiger partial charge in [0.15, 0.2) is 6.10 Å². The first-order valence-corrected chi connectivity index (χ1v) is 4.41. The van der Waals surface area contributed by atoms with Crippen molar-refractivity contribution < 1.29 is 14.3 Å². The van der Waals surface area contributed by atoms with Gasteiger partial charge in [-0.15, -0.1) is 0 Å². The van der Waals surface area contributed by atoms with Gasteiger partial charge in [-0.05, 0) is 19.8 Å². The van der Waals surface area contributed by atoms with Crippen LogP contribution in [0.2, 0.25) is 0 Å². The van der Waals surface area contributed by atoms with E-state index < -0.39 is 6.10 Å². The number of carbonyl (C=O) groups excluding carboxylic acids is 1. The van der Waals surface area contributed by atoms with Crippen LogP contribution in [0.15, 0.2) is 0 Å². The lowest BCUT2D eigenvalue weighted by Crippen LogP contribution is -2.31. The van der Waals surface area contributed by atoms with E-state index in [2.05, 4.69) is 0 Å². The van der Waals surface area contributed by atoms with Crippen LogP contribution in [0.4, 0.5) is 0 Å². The van der Waals surface area contributed by atoms with Crippen molar-refractivity contribution in [2.45, 2.75) is 33.8 Å². The van der Waals surface area contributed by atoms with Gasteiger partial charge >= 0.3 is 5.97 Å². The third kappa shape index (κ3) is 3.72. The molecule has 0 radical (unpaired) electrons. The van der Waals surface area contributed by atoms with Crippen molar-refractivity contribution >= 4 is 5.97 Å². The number of ether oxygens (including phenoxy) is 2. The molecule has 0 bridgehead atoms. The summed E-state index contributed by atoms with van der Waals surface area (Å²) in [7, 11) is 0. The molecule has 0 amide bonds. The topological polar surface area (TPSA) is 35.5 Å². The van der Waals surface area contributed by atoms with Crippen LogP contribution in [0.3, 0.4) is 0 Å². The summed E-state index contributed by atoms with van der Waals surface area (Å²) in [4.78, 5) is 11.2. The van der Waals surface area contributed by atoms with Gasteiger partial charge in [-0.25, -0.2) is 4.79 Å². The van der Waals surface area contributed by atoms with Crippen molar-refractivity contribution in [1.29, 1.82) is 0 Å². The highest BCUT2D eigenvalue weighted by atomic mass is 16.6. The van der Waals surface area contributed by atoms with Crippen LogP contribution < -0.4 is 0 Å². The third-order valence-corrected chi connectivity index (χ3v) is 1.47. The zero-order chi connectivity index (χ0) is 9.56. The fraction of sp³-hybridized carbons (Fsp3) is 0.889. The molecule has 0 rings (SSSR count). The summed E-state index contributed by atoms with van der Waals surface area (Å²) in [5, 5.41) is 0. The molecular formula is C9H18O3. The Morgan fingerprint density at radius 1 is 1.25 bits per heavy atom. The number of hydrogen-bond acceptors (Lipinski definition) is 3. The highest BCUT2D eigenvalue weighted by Crippen LogP contribution is 2.08. The molecule has 0 saturated carbocycles. The van der Waals surface area contributed by atoms with Crippen LogP contribution in [0.1, 0.15) is 27.7 Å². The molecule has 0 aliphatic rings. The highest BCUT2D eigenvalue weighted by Gasteiger charge is 2.23. The molecule has 0 aliphatic heterocycles. The SMILES string of the molecule is CCOC(=O)C(OCC)C(C)C. The normalized spacial score (nSPS) is 13.1. The minimum Gasteiger partial charge on any atom is -0.464 e. The zero-order valence-corrected chi connectivity index (χ0v) is 8.29. The Morgan fingerprint density at radius 2 is 1.83 bits per heavy atom. The van der Waals surface area contributed by atoms with Crippen molar-refractivity contribution in [2.24, 2.45) is 5.92 Å². The monoisotopic (exact) mass is 174 g/mol. The van der Waals surface area contributed by atoms with Crippen LogP contribution in [0.5, 0.6) is 0 Å². The average Bonchev–Trinajstić information content (AvgIpc) is 1.99. The smallest absolute Gasteiger partial charge is 0.335 e. The number of rotatable bonds is 5. The van der Waals surface area contributed by atoms with E-state index in [9.17, 15) is 4.79 Å². The summed E-state index contributed by atoms with van der Waals surface area (Å²) in [5.41, 5.74) is 0. The van der Waals surface area contributed by atoms with Crippen LogP contribution >= 0.6 is 0 Å². The summed E-state index contributed by atoms with van der Waals surface area (Å²) in [6.45, 7) is 8.50. The Labute approximate surface area is 74.0 Å². The maximum Gasteiger partial charge on any atom is 0.335 e. The molecule has 0 N–H and O–H groups in total. The van der Waals surface area contributed by atoms with E-state index >= 15 is 0 Å². The summed E-state index contributed by atoms with van der Waals surface area (Å²) in [5.74, 6) is -0.0849. The molecule has 0 aromatic rings. The Morgan fingerprint density at radius 3 is 2.17 bits per heavy atom. The summed E-state index contributed by atoms with van der Waals surface area (Å²) in [6, 6.07) is 0. The fourth-order valence-corrected chi connectivity index (χ4v) is 0.937. The molecule has 72 valence electrons. The molecule has 0 aliphatic carbocycles. The van der Waals surface area contributed by atoms with E-state index in [0.717, 1.165) is 0 Å². The van der Waals surface area contributed by atoms with Gasteiger partial charge in [0.25, 0.3) is 0 Å². The van der Waals surface area contributed by atoms with Gasteiger partial charge in [0.2, 0.25) is 0 Å². The Hall–Kier alpha value is -0.570. The number of esters is 1. The van der Waals surface area contributed by atoms with Gasteiger partial charge in [0, 0.05) is 6.61 Å². The lowest BCUT2D eigenvalue weighted by Gasteiger charge is -2.18. The van der Waals surface area contributed by atoms with E-state index in [0.29, 0.717) is 13.2 Å². The molecule has 1 unspecified atom stereocenters. The highest BCUT2D eigenvalue weighted by molar-refractivity contribution is 5.74. The molecule has 3 heteroatoms. The lowest BCUT2D eigenvalue weighted by molar-refractivity contribution is -0.159. The summed E-state index contributed by atoms with van der Waals surface area (Å²) in [6.07, 6.45) is -0.407. The van der Waals surface area contributed by atoms with Crippen molar-refractivity contribution in [3.05, 3.63) is 0 Å². The second-order valence-corrected chi connectivity index (χ2v) is 2.87. The van der Waals surface area contributed by atoms with E-state index in [1.807, 2.05) is 20.8 Å². The van der Waals surface area contributed by atoms with E-state index in [1.54, 1.807) is 6.92 Å². The standard InChI is InChI=1S/C9H18O3/c1-5-11-8(7(3)4)9(10)12-6-2/h7-8H,5-6H2,1-4H3. The van der Waals surface area contributed by atoms with Gasteiger partial charge in [-0.3, -0.25) is 0 Å². The number of hydrogen-bond donors (Lipinski definition) is 0. The Bertz CT molecular complexity index is 132. The minimum absolute atomic E-state index is 0.170. The van der Waals surface area contributed by atoms with Crippen molar-refractivity contribution in [3.8, 4) is 0 Å². The quantitative estimate of drug-likeness (QED) is 0.594. The molecule has 0 spiro atoms. The van der Waals surface area contributed by atoms with Crippen molar-refractivity contribution in [3.63, 3.8) is 0 Å². The molecule has 0 heterocycles. The van der Waals surface area contributed by atoms with Crippen LogP contribution in [-0.4, -0.2) is 25.3 Å². The average molecular weight is 174 g/mol. The molecular weight excluding hydrogens is 156 g/mol. The largest absolute Gasteiger partial charge is 0.464 e. The first-order valence-electron chi connectivity index (χ1n) is 4.41. The van der Waals surface area contributed by atoms with E-state index in [4.69, 9.17) is 9.47 Å². The molecule has 0 saturated heterocycles. The van der Waals surface area contributed by atoms with Crippen molar-refractivity contribution in [1.82, 2.24) is 0 Å². The fourth-order valence-electron chi connectivity index (χ4n) is 0.937. The minimum atomic E-state index is -0.407. The van der Waals surface area contributed by atoms with Crippen LogP contribution in [0, 0.1) is 5.92 Å². The molecule has 12 heavy (non-hydrogen) atoms. The first kappa shape index (κ1) is 11.4. The van der Waals surface area contributed by atoms with Crippen LogP contribution in [0.25, 0.3) is 0 Å². The summed E-state index contributed by atoms with van der Waals surface area (Å²) >= 11 is 0. The van der Waals surface area contributed by atoms with Gasteiger partial charge in [-0.2, -0.15) is 0 Å². The third-order valence-electron chi connectivity index (χ3n) is 1.47. The zero-order valence-electron chi connectivity index (χ0n) is 8.29. The lowest BCUT2D eigenvalue weighted by atomic mass is 10.1. The second kappa shape index (κ2) is 6.00. The van der Waals surface area contributed by atoms with Crippen LogP contribution in [-0.2, 0) is 14.3 Å². The molecule has 0 fully saturated rings. The number of carbonyl (C=O) groups is 1. The van der Waals surface area contributed by atoms with E-state index in [-0.39, 0.29) is 11.9 Å². The molecule has 1 atom stereocenters.